The molecular weight excluding hydrogens is 256 g/mol. The molecule has 0 saturated carbocycles. The molecule has 5 nitrogen and oxygen atoms in total. The lowest BCUT2D eigenvalue weighted by atomic mass is 9.91. The van der Waals surface area contributed by atoms with Crippen LogP contribution < -0.4 is 0 Å². The molecule has 2 rings (SSSR count). The van der Waals surface area contributed by atoms with E-state index < -0.39 is 4.92 Å². The summed E-state index contributed by atoms with van der Waals surface area (Å²) in [5, 5.41) is 11.0. The van der Waals surface area contributed by atoms with Crippen molar-refractivity contribution in [1.29, 1.82) is 0 Å². The number of piperidine rings is 1. The molecule has 0 bridgehead atoms. The highest BCUT2D eigenvalue weighted by molar-refractivity contribution is 5.95. The quantitative estimate of drug-likeness (QED) is 0.616. The van der Waals surface area contributed by atoms with Gasteiger partial charge in [0.1, 0.15) is 0 Å². The van der Waals surface area contributed by atoms with Crippen LogP contribution in [-0.2, 0) is 0 Å². The fourth-order valence-electron chi connectivity index (χ4n) is 2.95. The first-order valence-electron chi connectivity index (χ1n) is 6.92. The van der Waals surface area contributed by atoms with Gasteiger partial charge in [-0.2, -0.15) is 0 Å². The van der Waals surface area contributed by atoms with Crippen LogP contribution in [0.5, 0.6) is 0 Å². The van der Waals surface area contributed by atoms with E-state index in [-0.39, 0.29) is 11.6 Å². The summed E-state index contributed by atoms with van der Waals surface area (Å²) in [6.45, 7) is 7.40. The van der Waals surface area contributed by atoms with Gasteiger partial charge >= 0.3 is 0 Å². The van der Waals surface area contributed by atoms with Crippen molar-refractivity contribution >= 4 is 11.6 Å². The Hall–Kier alpha value is -1.91. The standard InChI is InChI=1S/C15H20N2O3/c1-10-6-11(2)9-16(8-10)15(18)13-5-4-12(3)14(7-13)17(19)20/h4-5,7,10-11H,6,8-9H2,1-3H3/t10-,11-/m0/s1. The van der Waals surface area contributed by atoms with Gasteiger partial charge in [-0.15, -0.1) is 0 Å². The van der Waals surface area contributed by atoms with Crippen molar-refractivity contribution < 1.29 is 9.72 Å². The first-order chi connectivity index (χ1) is 9.38. The maximum atomic E-state index is 12.5. The van der Waals surface area contributed by atoms with Crippen LogP contribution in [0.3, 0.4) is 0 Å². The summed E-state index contributed by atoms with van der Waals surface area (Å²) >= 11 is 0. The number of nitrogens with zero attached hydrogens (tertiary/aromatic N) is 2. The van der Waals surface area contributed by atoms with Crippen molar-refractivity contribution in [3.05, 3.63) is 39.4 Å². The Balaban J connectivity index is 2.25. The average Bonchev–Trinajstić information content (AvgIpc) is 2.37. The number of nitro groups is 1. The van der Waals surface area contributed by atoms with E-state index in [0.29, 0.717) is 23.0 Å². The molecule has 1 fully saturated rings. The Morgan fingerprint density at radius 3 is 2.45 bits per heavy atom. The van der Waals surface area contributed by atoms with Gasteiger partial charge in [0, 0.05) is 30.3 Å². The lowest BCUT2D eigenvalue weighted by molar-refractivity contribution is -0.385. The zero-order chi connectivity index (χ0) is 14.9. The van der Waals surface area contributed by atoms with Gasteiger partial charge in [0.2, 0.25) is 0 Å². The molecule has 5 heteroatoms. The number of benzene rings is 1. The highest BCUT2D eigenvalue weighted by Crippen LogP contribution is 2.24. The number of likely N-dealkylation sites (tertiary alicyclic amines) is 1. The number of amides is 1. The predicted molar refractivity (Wildman–Crippen MR) is 76.7 cm³/mol. The molecular formula is C15H20N2O3. The summed E-state index contributed by atoms with van der Waals surface area (Å²) in [4.78, 5) is 24.8. The molecule has 1 saturated heterocycles. The van der Waals surface area contributed by atoms with Crippen LogP contribution in [0, 0.1) is 28.9 Å². The average molecular weight is 276 g/mol. The SMILES string of the molecule is Cc1ccc(C(=O)N2C[C@@H](C)C[C@H](C)C2)cc1[N+](=O)[O-]. The van der Waals surface area contributed by atoms with E-state index >= 15 is 0 Å². The van der Waals surface area contributed by atoms with Gasteiger partial charge in [-0.05, 0) is 31.2 Å². The predicted octanol–water partition coefficient (Wildman–Crippen LogP) is 3.02. The topological polar surface area (TPSA) is 63.5 Å². The molecule has 0 N–H and O–H groups in total. The number of rotatable bonds is 2. The summed E-state index contributed by atoms with van der Waals surface area (Å²) in [6, 6.07) is 4.71. The van der Waals surface area contributed by atoms with Crippen molar-refractivity contribution in [2.45, 2.75) is 27.2 Å². The normalized spacial score (nSPS) is 22.6. The van der Waals surface area contributed by atoms with Gasteiger partial charge < -0.3 is 4.90 Å². The van der Waals surface area contributed by atoms with Gasteiger partial charge in [0.25, 0.3) is 11.6 Å². The number of carbonyl (C=O) groups excluding carboxylic acids is 1. The van der Waals surface area contributed by atoms with Gasteiger partial charge in [0.15, 0.2) is 0 Å². The van der Waals surface area contributed by atoms with Crippen molar-refractivity contribution in [3.63, 3.8) is 0 Å². The largest absolute Gasteiger partial charge is 0.338 e. The van der Waals surface area contributed by atoms with Gasteiger partial charge in [0.05, 0.1) is 4.92 Å². The Kier molecular flexibility index (Phi) is 4.06. The highest BCUT2D eigenvalue weighted by Gasteiger charge is 2.27. The first-order valence-corrected chi connectivity index (χ1v) is 6.92. The number of carbonyl (C=O) groups is 1. The molecule has 0 unspecified atom stereocenters. The van der Waals surface area contributed by atoms with Crippen LogP contribution >= 0.6 is 0 Å². The maximum Gasteiger partial charge on any atom is 0.273 e. The van der Waals surface area contributed by atoms with Crippen LogP contribution in [0.15, 0.2) is 18.2 Å². The number of aryl methyl sites for hydroxylation is 1. The Morgan fingerprint density at radius 2 is 1.90 bits per heavy atom. The minimum atomic E-state index is -0.437. The van der Waals surface area contributed by atoms with Crippen molar-refractivity contribution in [1.82, 2.24) is 4.90 Å². The smallest absolute Gasteiger partial charge is 0.273 e. The highest BCUT2D eigenvalue weighted by atomic mass is 16.6. The van der Waals surface area contributed by atoms with E-state index in [0.717, 1.165) is 19.5 Å². The Morgan fingerprint density at radius 1 is 1.30 bits per heavy atom. The summed E-state index contributed by atoms with van der Waals surface area (Å²) in [5.74, 6) is 0.845. The third-order valence-electron chi connectivity index (χ3n) is 3.81. The van der Waals surface area contributed by atoms with E-state index in [9.17, 15) is 14.9 Å². The molecule has 108 valence electrons. The van der Waals surface area contributed by atoms with Crippen LogP contribution in [-0.4, -0.2) is 28.8 Å². The van der Waals surface area contributed by atoms with E-state index in [2.05, 4.69) is 13.8 Å². The molecule has 1 aliphatic rings. The van der Waals surface area contributed by atoms with Crippen molar-refractivity contribution in [2.24, 2.45) is 11.8 Å². The minimum Gasteiger partial charge on any atom is -0.338 e. The molecule has 1 amide bonds. The summed E-state index contributed by atoms with van der Waals surface area (Å²) in [6.07, 6.45) is 1.12. The molecule has 0 spiro atoms. The molecule has 0 aromatic heterocycles. The Bertz CT molecular complexity index is 532. The van der Waals surface area contributed by atoms with Crippen molar-refractivity contribution in [3.8, 4) is 0 Å². The summed E-state index contributed by atoms with van der Waals surface area (Å²) < 4.78 is 0. The van der Waals surface area contributed by atoms with Crippen LogP contribution in [0.2, 0.25) is 0 Å². The van der Waals surface area contributed by atoms with Crippen LogP contribution in [0.1, 0.15) is 36.2 Å². The maximum absolute atomic E-state index is 12.5. The molecule has 0 aliphatic carbocycles. The number of hydrogen-bond donors (Lipinski definition) is 0. The minimum absolute atomic E-state index is 0.00829. The van der Waals surface area contributed by atoms with Crippen molar-refractivity contribution in [2.75, 3.05) is 13.1 Å². The van der Waals surface area contributed by atoms with E-state index in [4.69, 9.17) is 0 Å². The number of hydrogen-bond acceptors (Lipinski definition) is 3. The third-order valence-corrected chi connectivity index (χ3v) is 3.81. The van der Waals surface area contributed by atoms with Crippen LogP contribution in [0.4, 0.5) is 5.69 Å². The first kappa shape index (κ1) is 14.5. The lowest BCUT2D eigenvalue weighted by Crippen LogP contribution is -2.42. The van der Waals surface area contributed by atoms with E-state index in [1.165, 1.54) is 6.07 Å². The van der Waals surface area contributed by atoms with Gasteiger partial charge in [-0.25, -0.2) is 0 Å². The zero-order valence-corrected chi connectivity index (χ0v) is 12.1. The molecule has 2 atom stereocenters. The molecule has 1 heterocycles. The molecule has 20 heavy (non-hydrogen) atoms. The van der Waals surface area contributed by atoms with Gasteiger partial charge in [-0.3, -0.25) is 14.9 Å². The monoisotopic (exact) mass is 276 g/mol. The zero-order valence-electron chi connectivity index (χ0n) is 12.1. The third kappa shape index (κ3) is 2.98. The van der Waals surface area contributed by atoms with Crippen LogP contribution in [0.25, 0.3) is 0 Å². The Labute approximate surface area is 118 Å². The molecule has 1 aromatic carbocycles. The fourth-order valence-corrected chi connectivity index (χ4v) is 2.95. The fraction of sp³-hybridized carbons (Fsp3) is 0.533. The molecule has 1 aliphatic heterocycles. The number of nitro benzene ring substituents is 1. The second-order valence-corrected chi connectivity index (χ2v) is 5.91. The van der Waals surface area contributed by atoms with E-state index in [1.54, 1.807) is 19.1 Å². The summed E-state index contributed by atoms with van der Waals surface area (Å²) in [7, 11) is 0. The lowest BCUT2D eigenvalue weighted by Gasteiger charge is -2.35. The molecule has 0 radical (unpaired) electrons. The second kappa shape index (κ2) is 5.61. The summed E-state index contributed by atoms with van der Waals surface area (Å²) in [5.41, 5.74) is 0.990. The second-order valence-electron chi connectivity index (χ2n) is 5.91. The van der Waals surface area contributed by atoms with E-state index in [1.807, 2.05) is 4.90 Å². The molecule has 1 aromatic rings. The van der Waals surface area contributed by atoms with Gasteiger partial charge in [-0.1, -0.05) is 19.9 Å².